The van der Waals surface area contributed by atoms with Crippen LogP contribution in [0, 0.1) is 18.7 Å². The first-order valence-corrected chi connectivity index (χ1v) is 7.42. The third kappa shape index (κ3) is 3.93. The number of hydrogen-bond donors (Lipinski definition) is 3. The Bertz CT molecular complexity index is 580. The zero-order chi connectivity index (χ0) is 15.6. The summed E-state index contributed by atoms with van der Waals surface area (Å²) in [5.74, 6) is -1.68. The van der Waals surface area contributed by atoms with Crippen LogP contribution in [0.4, 0.5) is 14.9 Å². The van der Waals surface area contributed by atoms with E-state index in [-0.39, 0.29) is 6.04 Å². The van der Waals surface area contributed by atoms with Crippen molar-refractivity contribution in [1.82, 2.24) is 5.32 Å². The van der Waals surface area contributed by atoms with Crippen molar-refractivity contribution in [2.24, 2.45) is 5.92 Å². The Kier molecular flexibility index (Phi) is 4.82. The Morgan fingerprint density at radius 1 is 1.38 bits per heavy atom. The van der Waals surface area contributed by atoms with Gasteiger partial charge in [0, 0.05) is 11.7 Å². The maximum atomic E-state index is 13.5. The van der Waals surface area contributed by atoms with Gasteiger partial charge in [-0.3, -0.25) is 4.79 Å². The topological polar surface area (TPSA) is 78.4 Å². The monoisotopic (exact) mass is 358 g/mol. The predicted molar refractivity (Wildman–Crippen MR) is 79.8 cm³/mol. The van der Waals surface area contributed by atoms with E-state index in [0.717, 1.165) is 5.56 Å². The smallest absolute Gasteiger partial charge is 0.319 e. The van der Waals surface area contributed by atoms with E-state index in [1.54, 1.807) is 13.0 Å². The number of anilines is 1. The number of carbonyl (C=O) groups is 2. The standard InChI is InChI=1S/C14H16BrFN2O3/c1-7-4-10(15)11(16)6-12(7)18-14(21)17-9-3-2-8(5-9)13(19)20/h4,6,8-9H,2-3,5H2,1H3,(H,19,20)(H2,17,18,21). The number of rotatable bonds is 3. The first kappa shape index (κ1) is 15.8. The molecule has 1 aromatic rings. The van der Waals surface area contributed by atoms with E-state index in [9.17, 15) is 14.0 Å². The van der Waals surface area contributed by atoms with E-state index >= 15 is 0 Å². The minimum atomic E-state index is -0.828. The molecule has 0 aromatic heterocycles. The van der Waals surface area contributed by atoms with Crippen LogP contribution in [0.2, 0.25) is 0 Å². The second-order valence-corrected chi connectivity index (χ2v) is 6.08. The second-order valence-electron chi connectivity index (χ2n) is 5.22. The summed E-state index contributed by atoms with van der Waals surface area (Å²) < 4.78 is 13.8. The van der Waals surface area contributed by atoms with Crippen LogP contribution in [0.5, 0.6) is 0 Å². The molecule has 21 heavy (non-hydrogen) atoms. The van der Waals surface area contributed by atoms with Gasteiger partial charge in [0.1, 0.15) is 5.82 Å². The van der Waals surface area contributed by atoms with E-state index in [1.807, 2.05) is 0 Å². The number of carbonyl (C=O) groups excluding carboxylic acids is 1. The van der Waals surface area contributed by atoms with Crippen molar-refractivity contribution in [1.29, 1.82) is 0 Å². The molecule has 0 saturated heterocycles. The number of carboxylic acid groups (broad SMARTS) is 1. The number of aryl methyl sites for hydroxylation is 1. The molecule has 5 nitrogen and oxygen atoms in total. The van der Waals surface area contributed by atoms with E-state index in [2.05, 4.69) is 26.6 Å². The van der Waals surface area contributed by atoms with Crippen molar-refractivity contribution < 1.29 is 19.1 Å². The van der Waals surface area contributed by atoms with Gasteiger partial charge in [-0.25, -0.2) is 9.18 Å². The molecule has 1 aliphatic rings. The summed E-state index contributed by atoms with van der Waals surface area (Å²) >= 11 is 3.08. The Hall–Kier alpha value is -1.63. The van der Waals surface area contributed by atoms with Gasteiger partial charge in [-0.1, -0.05) is 0 Å². The fourth-order valence-corrected chi connectivity index (χ4v) is 2.92. The summed E-state index contributed by atoms with van der Waals surface area (Å²) in [4.78, 5) is 22.8. The molecule has 3 N–H and O–H groups in total. The fraction of sp³-hybridized carbons (Fsp3) is 0.429. The van der Waals surface area contributed by atoms with Gasteiger partial charge in [-0.2, -0.15) is 0 Å². The molecule has 2 atom stereocenters. The lowest BCUT2D eigenvalue weighted by Crippen LogP contribution is -2.36. The average Bonchev–Trinajstić information content (AvgIpc) is 2.84. The van der Waals surface area contributed by atoms with Gasteiger partial charge >= 0.3 is 12.0 Å². The van der Waals surface area contributed by atoms with Crippen LogP contribution < -0.4 is 10.6 Å². The molecule has 114 valence electrons. The number of carboxylic acids is 1. The Morgan fingerprint density at radius 3 is 2.71 bits per heavy atom. The molecule has 1 aliphatic carbocycles. The van der Waals surface area contributed by atoms with Gasteiger partial charge in [0.25, 0.3) is 0 Å². The number of aliphatic carboxylic acids is 1. The second kappa shape index (κ2) is 6.43. The Labute approximate surface area is 130 Å². The maximum absolute atomic E-state index is 13.5. The molecule has 0 heterocycles. The zero-order valence-electron chi connectivity index (χ0n) is 11.5. The zero-order valence-corrected chi connectivity index (χ0v) is 13.0. The van der Waals surface area contributed by atoms with Crippen LogP contribution in [0.25, 0.3) is 0 Å². The minimum Gasteiger partial charge on any atom is -0.481 e. The van der Waals surface area contributed by atoms with E-state index in [1.165, 1.54) is 6.07 Å². The van der Waals surface area contributed by atoms with Gasteiger partial charge < -0.3 is 15.7 Å². The summed E-state index contributed by atoms with van der Waals surface area (Å²) in [6, 6.07) is 2.22. The summed E-state index contributed by atoms with van der Waals surface area (Å²) in [5.41, 5.74) is 1.12. The maximum Gasteiger partial charge on any atom is 0.319 e. The molecule has 0 aliphatic heterocycles. The molecule has 1 fully saturated rings. The Morgan fingerprint density at radius 2 is 2.10 bits per heavy atom. The van der Waals surface area contributed by atoms with Crippen LogP contribution in [0.15, 0.2) is 16.6 Å². The number of halogens is 2. The number of nitrogens with one attached hydrogen (secondary N) is 2. The van der Waals surface area contributed by atoms with Crippen molar-refractivity contribution in [2.45, 2.75) is 32.2 Å². The third-order valence-electron chi connectivity index (χ3n) is 3.63. The normalized spacial score (nSPS) is 21.1. The SMILES string of the molecule is Cc1cc(Br)c(F)cc1NC(=O)NC1CCC(C(=O)O)C1. The van der Waals surface area contributed by atoms with Crippen molar-refractivity contribution in [3.8, 4) is 0 Å². The minimum absolute atomic E-state index is 0.160. The highest BCUT2D eigenvalue weighted by Crippen LogP contribution is 2.26. The fourth-order valence-electron chi connectivity index (χ4n) is 2.46. The highest BCUT2D eigenvalue weighted by Gasteiger charge is 2.30. The van der Waals surface area contributed by atoms with Crippen LogP contribution >= 0.6 is 15.9 Å². The van der Waals surface area contributed by atoms with Crippen molar-refractivity contribution in [3.63, 3.8) is 0 Å². The highest BCUT2D eigenvalue weighted by atomic mass is 79.9. The largest absolute Gasteiger partial charge is 0.481 e. The quantitative estimate of drug-likeness (QED) is 0.775. The van der Waals surface area contributed by atoms with Crippen LogP contribution in [0.1, 0.15) is 24.8 Å². The number of benzene rings is 1. The first-order valence-electron chi connectivity index (χ1n) is 6.62. The molecule has 1 aromatic carbocycles. The van der Waals surface area contributed by atoms with Gasteiger partial charge in [0.05, 0.1) is 10.4 Å². The predicted octanol–water partition coefficient (Wildman–Crippen LogP) is 3.27. The summed E-state index contributed by atoms with van der Waals surface area (Å²) in [7, 11) is 0. The van der Waals surface area contributed by atoms with Gasteiger partial charge in [-0.05, 0) is 59.8 Å². The molecule has 0 bridgehead atoms. The lowest BCUT2D eigenvalue weighted by molar-refractivity contribution is -0.141. The van der Waals surface area contributed by atoms with Gasteiger partial charge in [-0.15, -0.1) is 0 Å². The van der Waals surface area contributed by atoms with Crippen molar-refractivity contribution in [3.05, 3.63) is 28.0 Å². The van der Waals surface area contributed by atoms with Crippen LogP contribution in [-0.4, -0.2) is 23.1 Å². The number of urea groups is 1. The van der Waals surface area contributed by atoms with Crippen LogP contribution in [-0.2, 0) is 4.79 Å². The molecule has 1 saturated carbocycles. The molecule has 0 radical (unpaired) electrons. The molecular weight excluding hydrogens is 343 g/mol. The number of hydrogen-bond acceptors (Lipinski definition) is 2. The Balaban J connectivity index is 1.94. The molecule has 0 spiro atoms. The third-order valence-corrected chi connectivity index (χ3v) is 4.24. The number of amides is 2. The van der Waals surface area contributed by atoms with E-state index < -0.39 is 23.7 Å². The van der Waals surface area contributed by atoms with Crippen molar-refractivity contribution >= 4 is 33.6 Å². The molecule has 2 amide bonds. The lowest BCUT2D eigenvalue weighted by atomic mass is 10.1. The van der Waals surface area contributed by atoms with Gasteiger partial charge in [0.2, 0.25) is 0 Å². The average molecular weight is 359 g/mol. The molecular formula is C14H16BrFN2O3. The van der Waals surface area contributed by atoms with E-state index in [0.29, 0.717) is 29.4 Å². The summed E-state index contributed by atoms with van der Waals surface area (Å²) in [6.45, 7) is 1.76. The van der Waals surface area contributed by atoms with E-state index in [4.69, 9.17) is 5.11 Å². The molecule has 2 rings (SSSR count). The molecule has 7 heteroatoms. The molecule has 2 unspecified atom stereocenters. The van der Waals surface area contributed by atoms with Gasteiger partial charge in [0.15, 0.2) is 0 Å². The first-order chi connectivity index (χ1) is 9.86. The summed E-state index contributed by atoms with van der Waals surface area (Å²) in [5, 5.41) is 14.2. The van der Waals surface area contributed by atoms with Crippen molar-refractivity contribution in [2.75, 3.05) is 5.32 Å². The van der Waals surface area contributed by atoms with Crippen LogP contribution in [0.3, 0.4) is 0 Å². The lowest BCUT2D eigenvalue weighted by Gasteiger charge is -2.15. The summed E-state index contributed by atoms with van der Waals surface area (Å²) in [6.07, 6.45) is 1.63. The highest BCUT2D eigenvalue weighted by molar-refractivity contribution is 9.10.